The van der Waals surface area contributed by atoms with Gasteiger partial charge in [0.05, 0.1) is 11.0 Å². The molecule has 2 aromatic carbocycles. The molecule has 2 heteroatoms. The molecule has 0 aliphatic rings. The summed E-state index contributed by atoms with van der Waals surface area (Å²) in [5.74, 6) is 0. The first-order valence-corrected chi connectivity index (χ1v) is 7.70. The van der Waals surface area contributed by atoms with Crippen molar-refractivity contribution in [2.24, 2.45) is 0 Å². The Bertz CT molecular complexity index is 881. The molecule has 0 aliphatic carbocycles. The van der Waals surface area contributed by atoms with Gasteiger partial charge in [-0.25, -0.2) is 0 Å². The summed E-state index contributed by atoms with van der Waals surface area (Å²) in [7, 11) is 0. The summed E-state index contributed by atoms with van der Waals surface area (Å²) in [4.78, 5) is 0. The van der Waals surface area contributed by atoms with Gasteiger partial charge in [-0.1, -0.05) is 52.9 Å². The smallest absolute Gasteiger partial charge is 0.0541 e. The summed E-state index contributed by atoms with van der Waals surface area (Å²) >= 11 is 3.57. The summed E-state index contributed by atoms with van der Waals surface area (Å²) in [5, 5.41) is 2.51. The van der Waals surface area contributed by atoms with Crippen LogP contribution in [0.4, 0.5) is 0 Å². The topological polar surface area (TPSA) is 4.93 Å². The molecule has 0 saturated heterocycles. The highest BCUT2D eigenvalue weighted by Crippen LogP contribution is 2.33. The van der Waals surface area contributed by atoms with E-state index in [2.05, 4.69) is 81.7 Å². The molecule has 3 rings (SSSR count). The van der Waals surface area contributed by atoms with Crippen molar-refractivity contribution >= 4 is 43.4 Å². The standard InChI is InChI=1S/C19H16BrN/c1-3-7-15(8-4-2)21-18-10-6-5-9-16(18)17-13-14(20)11-12-19(17)21/h3-13H,1H2,2H3/b8-4-,15-7+. The minimum atomic E-state index is 1.10. The van der Waals surface area contributed by atoms with E-state index in [1.807, 2.05) is 19.1 Å². The number of fused-ring (bicyclic) bond motifs is 3. The molecule has 0 saturated carbocycles. The SMILES string of the molecule is C=C/C=C(\C=C/C)n1c2ccccc2c2cc(Br)ccc21. The molecule has 104 valence electrons. The molecule has 1 nitrogen and oxygen atoms in total. The van der Waals surface area contributed by atoms with Crippen molar-refractivity contribution in [3.05, 3.63) is 77.8 Å². The Morgan fingerprint density at radius 3 is 2.62 bits per heavy atom. The first-order chi connectivity index (χ1) is 10.3. The number of aromatic nitrogens is 1. The lowest BCUT2D eigenvalue weighted by atomic mass is 10.2. The second kappa shape index (κ2) is 5.74. The molecular formula is C19H16BrN. The summed E-state index contributed by atoms with van der Waals surface area (Å²) in [6.45, 7) is 5.86. The number of para-hydroxylation sites is 1. The van der Waals surface area contributed by atoms with Crippen molar-refractivity contribution in [3.8, 4) is 0 Å². The van der Waals surface area contributed by atoms with Gasteiger partial charge in [-0.3, -0.25) is 0 Å². The summed E-state index contributed by atoms with van der Waals surface area (Å²) < 4.78 is 3.37. The Kier molecular flexibility index (Phi) is 3.80. The van der Waals surface area contributed by atoms with Crippen LogP contribution in [0.25, 0.3) is 27.5 Å². The molecule has 0 bridgehead atoms. The zero-order valence-electron chi connectivity index (χ0n) is 11.9. The number of allylic oxidation sites excluding steroid dienone is 5. The van der Waals surface area contributed by atoms with Crippen LogP contribution in [0.2, 0.25) is 0 Å². The average molecular weight is 338 g/mol. The predicted molar refractivity (Wildman–Crippen MR) is 96.4 cm³/mol. The minimum Gasteiger partial charge on any atom is -0.309 e. The molecule has 0 N–H and O–H groups in total. The molecule has 3 aromatic rings. The number of rotatable bonds is 3. The van der Waals surface area contributed by atoms with Gasteiger partial charge in [-0.15, -0.1) is 0 Å². The van der Waals surface area contributed by atoms with Crippen molar-refractivity contribution in [3.63, 3.8) is 0 Å². The van der Waals surface area contributed by atoms with Crippen LogP contribution in [-0.2, 0) is 0 Å². The zero-order chi connectivity index (χ0) is 14.8. The Morgan fingerprint density at radius 1 is 1.10 bits per heavy atom. The Balaban J connectivity index is 2.49. The van der Waals surface area contributed by atoms with E-state index in [0.29, 0.717) is 0 Å². The van der Waals surface area contributed by atoms with Crippen LogP contribution in [0.15, 0.2) is 77.8 Å². The fourth-order valence-corrected chi connectivity index (χ4v) is 3.08. The van der Waals surface area contributed by atoms with Crippen LogP contribution < -0.4 is 0 Å². The Morgan fingerprint density at radius 2 is 1.86 bits per heavy atom. The van der Waals surface area contributed by atoms with Crippen LogP contribution in [-0.4, -0.2) is 4.57 Å². The van der Waals surface area contributed by atoms with Crippen molar-refractivity contribution in [1.82, 2.24) is 4.57 Å². The fourth-order valence-electron chi connectivity index (χ4n) is 2.72. The van der Waals surface area contributed by atoms with Gasteiger partial charge in [0.25, 0.3) is 0 Å². The van der Waals surface area contributed by atoms with Gasteiger partial charge < -0.3 is 4.57 Å². The average Bonchev–Trinajstić information content (AvgIpc) is 2.81. The number of hydrogen-bond donors (Lipinski definition) is 0. The number of nitrogens with zero attached hydrogens (tertiary/aromatic N) is 1. The molecule has 0 spiro atoms. The minimum absolute atomic E-state index is 1.10. The first-order valence-electron chi connectivity index (χ1n) is 6.90. The lowest BCUT2D eigenvalue weighted by Gasteiger charge is -2.08. The van der Waals surface area contributed by atoms with Gasteiger partial charge in [0.15, 0.2) is 0 Å². The van der Waals surface area contributed by atoms with E-state index in [9.17, 15) is 0 Å². The zero-order valence-corrected chi connectivity index (χ0v) is 13.5. The third-order valence-corrected chi connectivity index (χ3v) is 4.01. The Labute approximate surface area is 133 Å². The second-order valence-electron chi connectivity index (χ2n) is 4.84. The van der Waals surface area contributed by atoms with Gasteiger partial charge in [0, 0.05) is 20.9 Å². The first kappa shape index (κ1) is 13.9. The second-order valence-corrected chi connectivity index (χ2v) is 5.76. The van der Waals surface area contributed by atoms with Crippen LogP contribution in [0.3, 0.4) is 0 Å². The van der Waals surface area contributed by atoms with Crippen molar-refractivity contribution in [1.29, 1.82) is 0 Å². The van der Waals surface area contributed by atoms with E-state index < -0.39 is 0 Å². The third kappa shape index (κ3) is 2.36. The van der Waals surface area contributed by atoms with Gasteiger partial charge >= 0.3 is 0 Å². The maximum absolute atomic E-state index is 3.84. The van der Waals surface area contributed by atoms with Crippen LogP contribution in [0.5, 0.6) is 0 Å². The maximum atomic E-state index is 3.84. The molecule has 0 fully saturated rings. The number of hydrogen-bond acceptors (Lipinski definition) is 0. The normalized spacial score (nSPS) is 12.6. The lowest BCUT2D eigenvalue weighted by Crippen LogP contribution is -1.94. The number of benzene rings is 2. The molecule has 0 radical (unpaired) electrons. The monoisotopic (exact) mass is 337 g/mol. The van der Waals surface area contributed by atoms with Crippen LogP contribution in [0.1, 0.15) is 6.92 Å². The molecule has 21 heavy (non-hydrogen) atoms. The van der Waals surface area contributed by atoms with E-state index in [-0.39, 0.29) is 0 Å². The summed E-state index contributed by atoms with van der Waals surface area (Å²) in [6, 6.07) is 14.9. The van der Waals surface area contributed by atoms with E-state index in [1.54, 1.807) is 0 Å². The van der Waals surface area contributed by atoms with Crippen LogP contribution in [0, 0.1) is 0 Å². The van der Waals surface area contributed by atoms with E-state index >= 15 is 0 Å². The molecule has 0 unspecified atom stereocenters. The van der Waals surface area contributed by atoms with E-state index in [4.69, 9.17) is 0 Å². The summed E-state index contributed by atoms with van der Waals surface area (Å²) in [6.07, 6.45) is 8.02. The van der Waals surface area contributed by atoms with Crippen molar-refractivity contribution in [2.45, 2.75) is 6.92 Å². The van der Waals surface area contributed by atoms with Gasteiger partial charge in [0.1, 0.15) is 0 Å². The van der Waals surface area contributed by atoms with Crippen molar-refractivity contribution < 1.29 is 0 Å². The lowest BCUT2D eigenvalue weighted by molar-refractivity contribution is 1.24. The Hall–Kier alpha value is -2.06. The quantitative estimate of drug-likeness (QED) is 0.504. The molecule has 0 atom stereocenters. The van der Waals surface area contributed by atoms with Gasteiger partial charge in [0.2, 0.25) is 0 Å². The largest absolute Gasteiger partial charge is 0.309 e. The van der Waals surface area contributed by atoms with Gasteiger partial charge in [-0.2, -0.15) is 0 Å². The highest BCUT2D eigenvalue weighted by molar-refractivity contribution is 9.10. The van der Waals surface area contributed by atoms with Crippen molar-refractivity contribution in [2.75, 3.05) is 0 Å². The third-order valence-electron chi connectivity index (χ3n) is 3.52. The molecule has 1 aromatic heterocycles. The van der Waals surface area contributed by atoms with Crippen LogP contribution >= 0.6 is 15.9 Å². The highest BCUT2D eigenvalue weighted by atomic mass is 79.9. The maximum Gasteiger partial charge on any atom is 0.0541 e. The molecule has 1 heterocycles. The van der Waals surface area contributed by atoms with E-state index in [1.165, 1.54) is 21.8 Å². The predicted octanol–water partition coefficient (Wildman–Crippen LogP) is 6.16. The van der Waals surface area contributed by atoms with E-state index in [0.717, 1.165) is 10.2 Å². The van der Waals surface area contributed by atoms with Gasteiger partial charge in [-0.05, 0) is 43.3 Å². The molecule has 0 amide bonds. The fraction of sp³-hybridized carbons (Fsp3) is 0.0526. The molecular weight excluding hydrogens is 322 g/mol. The molecule has 0 aliphatic heterocycles. The summed E-state index contributed by atoms with van der Waals surface area (Å²) in [5.41, 5.74) is 3.52. The highest BCUT2D eigenvalue weighted by Gasteiger charge is 2.11. The number of halogens is 1.